The fourth-order valence-corrected chi connectivity index (χ4v) is 3.54. The van der Waals surface area contributed by atoms with Crippen LogP contribution in [0.5, 0.6) is 0 Å². The zero-order chi connectivity index (χ0) is 16.8. The van der Waals surface area contributed by atoms with Crippen LogP contribution >= 0.6 is 0 Å². The first kappa shape index (κ1) is 18.2. The van der Waals surface area contributed by atoms with Crippen LogP contribution in [0.25, 0.3) is 0 Å². The number of hydrogen-bond acceptors (Lipinski definition) is 3. The Labute approximate surface area is 141 Å². The monoisotopic (exact) mass is 323 g/mol. The highest BCUT2D eigenvalue weighted by Gasteiger charge is 2.30. The first-order valence-corrected chi connectivity index (χ1v) is 9.26. The summed E-state index contributed by atoms with van der Waals surface area (Å²) < 4.78 is 0. The predicted molar refractivity (Wildman–Crippen MR) is 92.1 cm³/mol. The van der Waals surface area contributed by atoms with E-state index in [0.717, 1.165) is 51.9 Å². The first-order chi connectivity index (χ1) is 11.0. The van der Waals surface area contributed by atoms with Crippen LogP contribution < -0.4 is 0 Å². The van der Waals surface area contributed by atoms with Crippen molar-refractivity contribution in [2.75, 3.05) is 39.8 Å². The Morgan fingerprint density at radius 3 is 2.30 bits per heavy atom. The Morgan fingerprint density at radius 1 is 1.04 bits per heavy atom. The first-order valence-electron chi connectivity index (χ1n) is 9.26. The van der Waals surface area contributed by atoms with Gasteiger partial charge < -0.3 is 9.80 Å². The summed E-state index contributed by atoms with van der Waals surface area (Å²) in [6.07, 6.45) is 6.76. The van der Waals surface area contributed by atoms with Crippen LogP contribution in [0.4, 0.5) is 0 Å². The van der Waals surface area contributed by atoms with Crippen LogP contribution in [0.2, 0.25) is 0 Å². The van der Waals surface area contributed by atoms with Crippen molar-refractivity contribution in [2.45, 2.75) is 58.4 Å². The Balaban J connectivity index is 1.87. The highest BCUT2D eigenvalue weighted by atomic mass is 16.2. The molecule has 2 aliphatic heterocycles. The average Bonchev–Trinajstić information content (AvgIpc) is 2.82. The van der Waals surface area contributed by atoms with Gasteiger partial charge in [-0.25, -0.2) is 0 Å². The van der Waals surface area contributed by atoms with Crippen molar-refractivity contribution < 1.29 is 9.59 Å². The summed E-state index contributed by atoms with van der Waals surface area (Å²) in [6.45, 7) is 8.02. The zero-order valence-corrected chi connectivity index (χ0v) is 15.1. The quantitative estimate of drug-likeness (QED) is 0.794. The molecule has 2 aliphatic rings. The Morgan fingerprint density at radius 2 is 1.70 bits per heavy atom. The minimum absolute atomic E-state index is 0.0824. The van der Waals surface area contributed by atoms with Crippen molar-refractivity contribution in [3.8, 4) is 0 Å². The molecule has 5 heteroatoms. The van der Waals surface area contributed by atoms with E-state index in [1.807, 2.05) is 20.9 Å². The van der Waals surface area contributed by atoms with Crippen molar-refractivity contribution in [3.05, 3.63) is 0 Å². The molecule has 0 aromatic heterocycles. The summed E-state index contributed by atoms with van der Waals surface area (Å²) in [5, 5.41) is 0. The topological polar surface area (TPSA) is 43.9 Å². The van der Waals surface area contributed by atoms with Gasteiger partial charge in [0.25, 0.3) is 0 Å². The van der Waals surface area contributed by atoms with E-state index in [4.69, 9.17) is 0 Å². The van der Waals surface area contributed by atoms with Crippen LogP contribution in [0.15, 0.2) is 0 Å². The standard InChI is InChI=1S/C18H33N3O2/c1-15(2)19(3)17(22)14-20-10-8-9-16(13-20)18(23)21-11-6-4-5-7-12-21/h15-16H,4-14H2,1-3H3. The summed E-state index contributed by atoms with van der Waals surface area (Å²) in [7, 11) is 1.86. The summed E-state index contributed by atoms with van der Waals surface area (Å²) in [5.74, 6) is 0.558. The lowest BCUT2D eigenvalue weighted by Crippen LogP contribution is -2.48. The number of rotatable bonds is 4. The Bertz CT molecular complexity index is 403. The summed E-state index contributed by atoms with van der Waals surface area (Å²) >= 11 is 0. The van der Waals surface area contributed by atoms with E-state index in [-0.39, 0.29) is 17.9 Å². The molecule has 23 heavy (non-hydrogen) atoms. The number of nitrogens with zero attached hydrogens (tertiary/aromatic N) is 3. The van der Waals surface area contributed by atoms with E-state index in [1.165, 1.54) is 12.8 Å². The molecule has 5 nitrogen and oxygen atoms in total. The van der Waals surface area contributed by atoms with E-state index >= 15 is 0 Å². The summed E-state index contributed by atoms with van der Waals surface area (Å²) in [4.78, 5) is 31.1. The molecule has 2 fully saturated rings. The molecular weight excluding hydrogens is 290 g/mol. The smallest absolute Gasteiger partial charge is 0.236 e. The lowest BCUT2D eigenvalue weighted by molar-refractivity contribution is -0.139. The number of hydrogen-bond donors (Lipinski definition) is 0. The largest absolute Gasteiger partial charge is 0.342 e. The second-order valence-corrected chi connectivity index (χ2v) is 7.41. The number of carbonyl (C=O) groups is 2. The maximum atomic E-state index is 12.8. The van der Waals surface area contributed by atoms with Crippen molar-refractivity contribution in [1.82, 2.24) is 14.7 Å². The van der Waals surface area contributed by atoms with Gasteiger partial charge in [0.2, 0.25) is 11.8 Å². The van der Waals surface area contributed by atoms with Crippen molar-refractivity contribution in [2.24, 2.45) is 5.92 Å². The minimum atomic E-state index is 0.0824. The van der Waals surface area contributed by atoms with Gasteiger partial charge in [-0.15, -0.1) is 0 Å². The second kappa shape index (κ2) is 8.67. The molecule has 0 spiro atoms. The third-order valence-corrected chi connectivity index (χ3v) is 5.30. The molecule has 2 amide bonds. The summed E-state index contributed by atoms with van der Waals surface area (Å²) in [5.41, 5.74) is 0. The number of amides is 2. The second-order valence-electron chi connectivity index (χ2n) is 7.41. The van der Waals surface area contributed by atoms with Crippen LogP contribution in [-0.2, 0) is 9.59 Å². The molecule has 1 unspecified atom stereocenters. The molecule has 0 saturated carbocycles. The molecule has 132 valence electrons. The molecule has 0 N–H and O–H groups in total. The van der Waals surface area contributed by atoms with Crippen LogP contribution in [0.1, 0.15) is 52.4 Å². The normalized spacial score (nSPS) is 23.7. The number of likely N-dealkylation sites (N-methyl/N-ethyl adjacent to an activating group) is 1. The minimum Gasteiger partial charge on any atom is -0.342 e. The van der Waals surface area contributed by atoms with E-state index in [9.17, 15) is 9.59 Å². The fourth-order valence-electron chi connectivity index (χ4n) is 3.54. The molecule has 0 radical (unpaired) electrons. The zero-order valence-electron chi connectivity index (χ0n) is 15.1. The van der Waals surface area contributed by atoms with Gasteiger partial charge in [-0.2, -0.15) is 0 Å². The predicted octanol–water partition coefficient (Wildman–Crippen LogP) is 1.97. The van der Waals surface area contributed by atoms with Crippen molar-refractivity contribution >= 4 is 11.8 Å². The van der Waals surface area contributed by atoms with Gasteiger partial charge in [0.05, 0.1) is 12.5 Å². The van der Waals surface area contributed by atoms with E-state index in [2.05, 4.69) is 9.80 Å². The third-order valence-electron chi connectivity index (χ3n) is 5.30. The van der Waals surface area contributed by atoms with Gasteiger partial charge >= 0.3 is 0 Å². The lowest BCUT2D eigenvalue weighted by atomic mass is 9.96. The number of likely N-dealkylation sites (tertiary alicyclic amines) is 2. The number of carbonyl (C=O) groups excluding carboxylic acids is 2. The van der Waals surface area contributed by atoms with E-state index in [0.29, 0.717) is 12.5 Å². The van der Waals surface area contributed by atoms with Crippen molar-refractivity contribution in [3.63, 3.8) is 0 Å². The highest BCUT2D eigenvalue weighted by molar-refractivity contribution is 5.80. The van der Waals surface area contributed by atoms with E-state index in [1.54, 1.807) is 4.90 Å². The van der Waals surface area contributed by atoms with Gasteiger partial charge in [0, 0.05) is 32.7 Å². The maximum absolute atomic E-state index is 12.8. The number of piperidine rings is 1. The highest BCUT2D eigenvalue weighted by Crippen LogP contribution is 2.21. The SMILES string of the molecule is CC(C)N(C)C(=O)CN1CCCC(C(=O)N2CCCCCC2)C1. The molecule has 2 heterocycles. The molecule has 2 saturated heterocycles. The van der Waals surface area contributed by atoms with Crippen LogP contribution in [0, 0.1) is 5.92 Å². The van der Waals surface area contributed by atoms with Crippen LogP contribution in [0.3, 0.4) is 0 Å². The molecule has 1 atom stereocenters. The maximum Gasteiger partial charge on any atom is 0.236 e. The molecular formula is C18H33N3O2. The van der Waals surface area contributed by atoms with Gasteiger partial charge in [0.1, 0.15) is 0 Å². The van der Waals surface area contributed by atoms with Gasteiger partial charge in [-0.3, -0.25) is 14.5 Å². The molecule has 2 rings (SSSR count). The fraction of sp³-hybridized carbons (Fsp3) is 0.889. The van der Waals surface area contributed by atoms with Gasteiger partial charge in [0.15, 0.2) is 0 Å². The van der Waals surface area contributed by atoms with E-state index < -0.39 is 0 Å². The average molecular weight is 323 g/mol. The Hall–Kier alpha value is -1.10. The molecule has 0 aliphatic carbocycles. The van der Waals surface area contributed by atoms with Crippen LogP contribution in [-0.4, -0.2) is 72.3 Å². The van der Waals surface area contributed by atoms with Gasteiger partial charge in [-0.05, 0) is 46.1 Å². The van der Waals surface area contributed by atoms with Gasteiger partial charge in [-0.1, -0.05) is 12.8 Å². The molecule has 0 bridgehead atoms. The lowest BCUT2D eigenvalue weighted by Gasteiger charge is -2.35. The summed E-state index contributed by atoms with van der Waals surface area (Å²) in [6, 6.07) is 0.224. The Kier molecular flexibility index (Phi) is 6.88. The molecule has 0 aromatic carbocycles. The van der Waals surface area contributed by atoms with Crippen molar-refractivity contribution in [1.29, 1.82) is 0 Å². The third kappa shape index (κ3) is 5.20. The molecule has 0 aromatic rings.